The summed E-state index contributed by atoms with van der Waals surface area (Å²) in [6.07, 6.45) is 5.31. The van der Waals surface area contributed by atoms with Gasteiger partial charge in [0.1, 0.15) is 11.5 Å². The maximum atomic E-state index is 12.1. The minimum absolute atomic E-state index is 0.188. The quantitative estimate of drug-likeness (QED) is 0.685. The first-order chi connectivity index (χ1) is 14.6. The molecular formula is C21H26N8O2. The highest BCUT2D eigenvalue weighted by molar-refractivity contribution is 5.96. The Morgan fingerprint density at radius 1 is 1.26 bits per heavy atom. The molecule has 1 amide bonds. The van der Waals surface area contributed by atoms with Crippen molar-refractivity contribution in [1.82, 2.24) is 29.9 Å². The largest absolute Gasteiger partial charge is 0.366 e. The number of aryl methyl sites for hydroxylation is 1. The molecule has 0 bridgehead atoms. The molecule has 3 aromatic rings. The van der Waals surface area contributed by atoms with Crippen LogP contribution in [-0.2, 0) is 17.3 Å². The Kier molecular flexibility index (Phi) is 4.79. The van der Waals surface area contributed by atoms with Crippen molar-refractivity contribution in [3.63, 3.8) is 0 Å². The Morgan fingerprint density at radius 3 is 2.58 bits per heavy atom. The van der Waals surface area contributed by atoms with E-state index in [-0.39, 0.29) is 5.41 Å². The molecule has 3 aromatic heterocycles. The van der Waals surface area contributed by atoms with Crippen LogP contribution in [0, 0.1) is 6.92 Å². The lowest BCUT2D eigenvalue weighted by molar-refractivity contribution is -0.114. The highest BCUT2D eigenvalue weighted by atomic mass is 16.5. The molecule has 10 heteroatoms. The number of hydrogen-bond acceptors (Lipinski definition) is 7. The predicted octanol–water partition coefficient (Wildman–Crippen LogP) is 2.39. The van der Waals surface area contributed by atoms with Crippen LogP contribution >= 0.6 is 0 Å². The summed E-state index contributed by atoms with van der Waals surface area (Å²) in [5, 5.41) is 17.1. The molecule has 0 unspecified atom stereocenters. The summed E-state index contributed by atoms with van der Waals surface area (Å²) in [7, 11) is 1.88. The Balaban J connectivity index is 1.77. The molecule has 0 fully saturated rings. The summed E-state index contributed by atoms with van der Waals surface area (Å²) in [4.78, 5) is 14.0. The number of amides is 1. The van der Waals surface area contributed by atoms with Crippen molar-refractivity contribution in [2.75, 3.05) is 11.4 Å². The number of nitrogens with zero attached hydrogens (tertiary/aromatic N) is 7. The summed E-state index contributed by atoms with van der Waals surface area (Å²) in [5.74, 6) is 0.857. The van der Waals surface area contributed by atoms with Gasteiger partial charge in [0.05, 0.1) is 24.6 Å². The zero-order valence-electron chi connectivity index (χ0n) is 18.5. The molecule has 4 heterocycles. The van der Waals surface area contributed by atoms with Gasteiger partial charge in [-0.05, 0) is 19.9 Å². The number of carbonyl (C=O) groups is 1. The lowest BCUT2D eigenvalue weighted by atomic mass is 9.93. The number of nitrogens with two attached hydrogens (primary N) is 1. The van der Waals surface area contributed by atoms with E-state index in [0.29, 0.717) is 29.3 Å². The van der Waals surface area contributed by atoms with Crippen LogP contribution in [0.5, 0.6) is 0 Å². The predicted molar refractivity (Wildman–Crippen MR) is 116 cm³/mol. The third-order valence-electron chi connectivity index (χ3n) is 5.50. The van der Waals surface area contributed by atoms with Crippen LogP contribution in [0.25, 0.3) is 17.0 Å². The molecule has 0 spiro atoms. The van der Waals surface area contributed by atoms with E-state index in [1.807, 2.05) is 58.8 Å². The van der Waals surface area contributed by atoms with Gasteiger partial charge in [0.2, 0.25) is 5.91 Å². The molecule has 2 N–H and O–H groups in total. The van der Waals surface area contributed by atoms with E-state index in [1.165, 1.54) is 0 Å². The Hall–Kier alpha value is -3.69. The summed E-state index contributed by atoms with van der Waals surface area (Å²) in [6.45, 7) is 10.3. The average Bonchev–Trinajstić information content (AvgIpc) is 3.43. The second kappa shape index (κ2) is 7.22. The molecule has 0 saturated carbocycles. The molecule has 162 valence electrons. The van der Waals surface area contributed by atoms with E-state index >= 15 is 0 Å². The Morgan fingerprint density at radius 2 is 2.00 bits per heavy atom. The van der Waals surface area contributed by atoms with Crippen molar-refractivity contribution in [2.45, 2.75) is 40.0 Å². The van der Waals surface area contributed by atoms with Crippen LogP contribution in [-0.4, -0.2) is 42.4 Å². The molecule has 0 aliphatic carbocycles. The molecule has 31 heavy (non-hydrogen) atoms. The normalized spacial score (nSPS) is 14.9. The van der Waals surface area contributed by atoms with Gasteiger partial charge in [-0.15, -0.1) is 5.10 Å². The molecule has 10 nitrogen and oxygen atoms in total. The fraction of sp³-hybridized carbons (Fsp3) is 0.381. The maximum absolute atomic E-state index is 12.1. The SMILES string of the molecule is CC1=C(n2cc(-c3cnn(C)c3C)nn2)C=C(C(N)=O)CN1c1cc(C(C)(C)C)on1. The van der Waals surface area contributed by atoms with E-state index in [9.17, 15) is 4.79 Å². The third kappa shape index (κ3) is 3.65. The van der Waals surface area contributed by atoms with Crippen molar-refractivity contribution in [2.24, 2.45) is 12.8 Å². The Bertz CT molecular complexity index is 1220. The minimum Gasteiger partial charge on any atom is -0.366 e. The first-order valence-corrected chi connectivity index (χ1v) is 9.94. The Labute approximate surface area is 180 Å². The molecule has 0 atom stereocenters. The van der Waals surface area contributed by atoms with Crippen molar-refractivity contribution in [3.05, 3.63) is 47.3 Å². The number of carbonyl (C=O) groups excluding carboxylic acids is 1. The van der Waals surface area contributed by atoms with Crippen LogP contribution in [0.15, 0.2) is 40.3 Å². The average molecular weight is 422 g/mol. The number of aromatic nitrogens is 6. The zero-order valence-corrected chi connectivity index (χ0v) is 18.5. The molecule has 4 rings (SSSR count). The van der Waals surface area contributed by atoms with Gasteiger partial charge in [-0.1, -0.05) is 31.1 Å². The van der Waals surface area contributed by atoms with Gasteiger partial charge >= 0.3 is 0 Å². The summed E-state index contributed by atoms with van der Waals surface area (Å²) >= 11 is 0. The van der Waals surface area contributed by atoms with E-state index in [1.54, 1.807) is 21.6 Å². The monoisotopic (exact) mass is 422 g/mol. The molecule has 1 aliphatic rings. The summed E-state index contributed by atoms with van der Waals surface area (Å²) in [5.41, 5.74) is 9.97. The van der Waals surface area contributed by atoms with Crippen molar-refractivity contribution in [3.8, 4) is 11.3 Å². The lowest BCUT2D eigenvalue weighted by Crippen LogP contribution is -2.33. The first-order valence-electron chi connectivity index (χ1n) is 9.94. The van der Waals surface area contributed by atoms with Gasteiger partial charge in [0.25, 0.3) is 0 Å². The number of primary amides is 1. The molecule has 0 aromatic carbocycles. The van der Waals surface area contributed by atoms with Gasteiger partial charge in [0, 0.05) is 41.1 Å². The minimum atomic E-state index is -0.502. The highest BCUT2D eigenvalue weighted by Crippen LogP contribution is 2.32. The van der Waals surface area contributed by atoms with Crippen molar-refractivity contribution >= 4 is 17.4 Å². The fourth-order valence-electron chi connectivity index (χ4n) is 3.38. The zero-order chi connectivity index (χ0) is 22.5. The molecular weight excluding hydrogens is 396 g/mol. The van der Waals surface area contributed by atoms with Crippen LogP contribution in [0.3, 0.4) is 0 Å². The van der Waals surface area contributed by atoms with E-state index in [4.69, 9.17) is 10.3 Å². The molecule has 0 radical (unpaired) electrons. The van der Waals surface area contributed by atoms with E-state index < -0.39 is 5.91 Å². The maximum Gasteiger partial charge on any atom is 0.246 e. The van der Waals surface area contributed by atoms with Crippen LogP contribution in [0.2, 0.25) is 0 Å². The van der Waals surface area contributed by atoms with Gasteiger partial charge in [-0.2, -0.15) is 5.10 Å². The van der Waals surface area contributed by atoms with Crippen LogP contribution in [0.4, 0.5) is 5.82 Å². The third-order valence-corrected chi connectivity index (χ3v) is 5.50. The van der Waals surface area contributed by atoms with E-state index in [0.717, 1.165) is 22.7 Å². The van der Waals surface area contributed by atoms with Gasteiger partial charge in [0.15, 0.2) is 5.82 Å². The van der Waals surface area contributed by atoms with Crippen molar-refractivity contribution in [1.29, 1.82) is 0 Å². The van der Waals surface area contributed by atoms with Crippen molar-refractivity contribution < 1.29 is 9.32 Å². The smallest absolute Gasteiger partial charge is 0.246 e. The lowest BCUT2D eigenvalue weighted by Gasteiger charge is -2.28. The van der Waals surface area contributed by atoms with Gasteiger partial charge in [-0.3, -0.25) is 9.48 Å². The summed E-state index contributed by atoms with van der Waals surface area (Å²) < 4.78 is 8.97. The summed E-state index contributed by atoms with van der Waals surface area (Å²) in [6, 6.07) is 1.89. The highest BCUT2D eigenvalue weighted by Gasteiger charge is 2.28. The van der Waals surface area contributed by atoms with Crippen LogP contribution in [0.1, 0.15) is 39.1 Å². The second-order valence-corrected chi connectivity index (χ2v) is 8.71. The second-order valence-electron chi connectivity index (χ2n) is 8.71. The number of anilines is 1. The van der Waals surface area contributed by atoms with Gasteiger partial charge in [-0.25, -0.2) is 4.68 Å². The van der Waals surface area contributed by atoms with Crippen LogP contribution < -0.4 is 10.6 Å². The first kappa shape index (κ1) is 20.6. The van der Waals surface area contributed by atoms with Gasteiger partial charge < -0.3 is 15.2 Å². The fourth-order valence-corrected chi connectivity index (χ4v) is 3.38. The molecule has 1 aliphatic heterocycles. The standard InChI is InChI=1S/C21H26N8O2/c1-12-15(9-23-27(12)6)16-11-29(26-24-16)17-7-14(20(22)30)10-28(13(17)2)19-8-18(31-25-19)21(3,4)5/h7-9,11H,10H2,1-6H3,(H2,22,30). The topological polar surface area (TPSA) is 121 Å². The molecule has 0 saturated heterocycles. The number of hydrogen-bond donors (Lipinski definition) is 1. The van der Waals surface area contributed by atoms with E-state index in [2.05, 4.69) is 20.6 Å². The number of rotatable bonds is 4. The number of allylic oxidation sites excluding steroid dienone is 3.